The van der Waals surface area contributed by atoms with Gasteiger partial charge in [0, 0.05) is 38.6 Å². The Morgan fingerprint density at radius 3 is 2.33 bits per heavy atom. The molecule has 0 aliphatic carbocycles. The van der Waals surface area contributed by atoms with Crippen LogP contribution in [-0.2, 0) is 0 Å². The molecule has 1 aromatic heterocycles. The number of β-amino-alcohol motifs (C(OH)–C–C–N with tert-alkyl or cyclic N) is 1. The molecule has 30 heavy (non-hydrogen) atoms. The molecule has 0 bridgehead atoms. The largest absolute Gasteiger partial charge is 0.491 e. The average molecular weight is 405 g/mol. The van der Waals surface area contributed by atoms with E-state index in [2.05, 4.69) is 31.9 Å². The summed E-state index contributed by atoms with van der Waals surface area (Å²) < 4.78 is 5.81. The van der Waals surface area contributed by atoms with Gasteiger partial charge in [-0.25, -0.2) is 9.97 Å². The molecule has 1 unspecified atom stereocenters. The van der Waals surface area contributed by atoms with Crippen LogP contribution in [0, 0.1) is 0 Å². The van der Waals surface area contributed by atoms with E-state index in [1.54, 1.807) is 12.4 Å². The predicted molar refractivity (Wildman–Crippen MR) is 119 cm³/mol. The molecule has 4 rings (SSSR count). The first kappa shape index (κ1) is 20.3. The van der Waals surface area contributed by atoms with E-state index in [1.165, 1.54) is 5.56 Å². The van der Waals surface area contributed by atoms with Gasteiger partial charge in [-0.3, -0.25) is 4.90 Å². The zero-order valence-corrected chi connectivity index (χ0v) is 17.1. The van der Waals surface area contributed by atoms with Crippen molar-refractivity contribution in [2.45, 2.75) is 12.5 Å². The van der Waals surface area contributed by atoms with Crippen molar-refractivity contribution < 1.29 is 9.84 Å². The number of aliphatic hydroxyl groups excluding tert-OH is 1. The maximum Gasteiger partial charge on any atom is 0.225 e. The van der Waals surface area contributed by atoms with Gasteiger partial charge >= 0.3 is 0 Å². The first-order valence-corrected chi connectivity index (χ1v) is 10.5. The number of aromatic nitrogens is 2. The van der Waals surface area contributed by atoms with Crippen molar-refractivity contribution >= 4 is 5.95 Å². The Balaban J connectivity index is 1.23. The molecule has 0 saturated carbocycles. The highest BCUT2D eigenvalue weighted by Gasteiger charge is 2.19. The molecule has 2 heterocycles. The molecule has 1 fully saturated rings. The van der Waals surface area contributed by atoms with E-state index in [-0.39, 0.29) is 6.61 Å². The highest BCUT2D eigenvalue weighted by atomic mass is 16.5. The van der Waals surface area contributed by atoms with E-state index in [0.29, 0.717) is 6.54 Å². The maximum absolute atomic E-state index is 10.5. The highest BCUT2D eigenvalue weighted by Crippen LogP contribution is 2.22. The number of anilines is 1. The highest BCUT2D eigenvalue weighted by molar-refractivity contribution is 5.63. The summed E-state index contributed by atoms with van der Waals surface area (Å²) >= 11 is 0. The van der Waals surface area contributed by atoms with Gasteiger partial charge in [0.2, 0.25) is 5.95 Å². The molecule has 6 nitrogen and oxygen atoms in total. The van der Waals surface area contributed by atoms with Gasteiger partial charge < -0.3 is 14.7 Å². The molecular formula is C24H28N4O2. The van der Waals surface area contributed by atoms with E-state index >= 15 is 0 Å². The van der Waals surface area contributed by atoms with E-state index in [0.717, 1.165) is 49.9 Å². The summed E-state index contributed by atoms with van der Waals surface area (Å²) in [6.45, 7) is 4.50. The smallest absolute Gasteiger partial charge is 0.225 e. The Kier molecular flexibility index (Phi) is 6.90. The van der Waals surface area contributed by atoms with Gasteiger partial charge in [0.1, 0.15) is 18.5 Å². The van der Waals surface area contributed by atoms with Gasteiger partial charge in [-0.1, -0.05) is 42.5 Å². The van der Waals surface area contributed by atoms with Crippen molar-refractivity contribution in [2.75, 3.05) is 44.2 Å². The van der Waals surface area contributed by atoms with Crippen LogP contribution >= 0.6 is 0 Å². The quantitative estimate of drug-likeness (QED) is 0.653. The third kappa shape index (κ3) is 5.55. The number of hydrogen-bond acceptors (Lipinski definition) is 6. The summed E-state index contributed by atoms with van der Waals surface area (Å²) in [6.07, 6.45) is 4.04. The monoisotopic (exact) mass is 404 g/mol. The van der Waals surface area contributed by atoms with Crippen LogP contribution < -0.4 is 9.64 Å². The van der Waals surface area contributed by atoms with Crippen molar-refractivity contribution in [1.82, 2.24) is 14.9 Å². The second-order valence-corrected chi connectivity index (χ2v) is 7.55. The first-order chi connectivity index (χ1) is 14.8. The molecule has 1 atom stereocenters. The topological polar surface area (TPSA) is 61.7 Å². The van der Waals surface area contributed by atoms with Gasteiger partial charge in [-0.2, -0.15) is 0 Å². The minimum absolute atomic E-state index is 0.284. The molecule has 1 saturated heterocycles. The molecule has 1 N–H and O–H groups in total. The number of nitrogens with zero attached hydrogens (tertiary/aromatic N) is 4. The van der Waals surface area contributed by atoms with Crippen LogP contribution in [0.15, 0.2) is 73.1 Å². The molecular weight excluding hydrogens is 376 g/mol. The third-order valence-corrected chi connectivity index (χ3v) is 5.30. The molecule has 156 valence electrons. The fourth-order valence-electron chi connectivity index (χ4n) is 3.73. The summed E-state index contributed by atoms with van der Waals surface area (Å²) in [4.78, 5) is 13.2. The number of hydrogen-bond donors (Lipinski definition) is 1. The summed E-state index contributed by atoms with van der Waals surface area (Å²) in [5.74, 6) is 1.55. The van der Waals surface area contributed by atoms with Crippen molar-refractivity contribution in [2.24, 2.45) is 0 Å². The van der Waals surface area contributed by atoms with Crippen molar-refractivity contribution in [3.63, 3.8) is 0 Å². The zero-order chi connectivity index (χ0) is 20.6. The number of ether oxygens (including phenoxy) is 1. The minimum Gasteiger partial charge on any atom is -0.491 e. The van der Waals surface area contributed by atoms with Crippen molar-refractivity contribution in [3.8, 4) is 16.9 Å². The van der Waals surface area contributed by atoms with E-state index in [1.807, 2.05) is 48.5 Å². The number of aliphatic hydroxyl groups is 1. The molecule has 0 spiro atoms. The Morgan fingerprint density at radius 1 is 0.833 bits per heavy atom. The molecule has 3 aromatic rings. The van der Waals surface area contributed by atoms with E-state index < -0.39 is 6.10 Å². The van der Waals surface area contributed by atoms with Crippen LogP contribution in [0.5, 0.6) is 5.75 Å². The lowest BCUT2D eigenvalue weighted by atomic mass is 10.1. The molecule has 0 radical (unpaired) electrons. The Bertz CT molecular complexity index is 890. The Hall–Kier alpha value is -2.96. The number of rotatable bonds is 7. The fourth-order valence-corrected chi connectivity index (χ4v) is 3.73. The van der Waals surface area contributed by atoms with Crippen LogP contribution in [0.3, 0.4) is 0 Å². The summed E-state index contributed by atoms with van der Waals surface area (Å²) in [5, 5.41) is 10.5. The van der Waals surface area contributed by atoms with Crippen molar-refractivity contribution in [1.29, 1.82) is 0 Å². The minimum atomic E-state index is -0.529. The molecule has 1 aliphatic heterocycles. The normalized spacial score (nSPS) is 16.1. The summed E-state index contributed by atoms with van der Waals surface area (Å²) in [7, 11) is 0. The average Bonchev–Trinajstić information content (AvgIpc) is 3.05. The van der Waals surface area contributed by atoms with Gasteiger partial charge in [0.25, 0.3) is 0 Å². The van der Waals surface area contributed by atoms with Crippen LogP contribution in [0.4, 0.5) is 5.95 Å². The second-order valence-electron chi connectivity index (χ2n) is 7.55. The lowest BCUT2D eigenvalue weighted by Crippen LogP contribution is -2.38. The standard InChI is InChI=1S/C24H28N4O2/c29-22(18-27-14-5-15-28(17-16-27)24-25-12-4-13-26-24)19-30-23-10-8-21(9-11-23)20-6-2-1-3-7-20/h1-4,6-13,22,29H,5,14-19H2. The molecule has 6 heteroatoms. The SMILES string of the molecule is OC(COc1ccc(-c2ccccc2)cc1)CN1CCCN(c2ncccn2)CC1. The fraction of sp³-hybridized carbons (Fsp3) is 0.333. The lowest BCUT2D eigenvalue weighted by molar-refractivity contribution is 0.0705. The summed E-state index contributed by atoms with van der Waals surface area (Å²) in [5.41, 5.74) is 2.33. The second kappa shape index (κ2) is 10.2. The predicted octanol–water partition coefficient (Wildman–Crippen LogP) is 3.10. The van der Waals surface area contributed by atoms with Crippen LogP contribution in [0.1, 0.15) is 6.42 Å². The van der Waals surface area contributed by atoms with E-state index in [9.17, 15) is 5.11 Å². The van der Waals surface area contributed by atoms with Crippen LogP contribution in [0.2, 0.25) is 0 Å². The van der Waals surface area contributed by atoms with Gasteiger partial charge in [0.05, 0.1) is 0 Å². The molecule has 1 aliphatic rings. The van der Waals surface area contributed by atoms with Crippen LogP contribution in [-0.4, -0.2) is 65.4 Å². The molecule has 0 amide bonds. The van der Waals surface area contributed by atoms with Gasteiger partial charge in [0.15, 0.2) is 0 Å². The Morgan fingerprint density at radius 2 is 1.57 bits per heavy atom. The maximum atomic E-state index is 10.5. The van der Waals surface area contributed by atoms with Gasteiger partial charge in [-0.15, -0.1) is 0 Å². The molecule has 2 aromatic carbocycles. The third-order valence-electron chi connectivity index (χ3n) is 5.30. The van der Waals surface area contributed by atoms with Gasteiger partial charge in [-0.05, 0) is 42.3 Å². The zero-order valence-electron chi connectivity index (χ0n) is 17.1. The van der Waals surface area contributed by atoms with Crippen molar-refractivity contribution in [3.05, 3.63) is 73.1 Å². The summed E-state index contributed by atoms with van der Waals surface area (Å²) in [6, 6.07) is 20.1. The lowest BCUT2D eigenvalue weighted by Gasteiger charge is -2.24. The first-order valence-electron chi connectivity index (χ1n) is 10.5. The van der Waals surface area contributed by atoms with E-state index in [4.69, 9.17) is 4.74 Å². The number of benzene rings is 2. The Labute approximate surface area is 177 Å². The van der Waals surface area contributed by atoms with Crippen LogP contribution in [0.25, 0.3) is 11.1 Å².